The fourth-order valence-electron chi connectivity index (χ4n) is 3.03. The lowest BCUT2D eigenvalue weighted by Crippen LogP contribution is -2.57. The van der Waals surface area contributed by atoms with Gasteiger partial charge in [-0.15, -0.1) is 0 Å². The number of aliphatic hydroxyl groups excluding tert-OH is 1. The van der Waals surface area contributed by atoms with Gasteiger partial charge in [-0.3, -0.25) is 0 Å². The summed E-state index contributed by atoms with van der Waals surface area (Å²) in [6.07, 6.45) is -2.88. The van der Waals surface area contributed by atoms with Crippen molar-refractivity contribution in [1.29, 1.82) is 0 Å². The Kier molecular flexibility index (Phi) is 5.01. The molecule has 6 nitrogen and oxygen atoms in total. The van der Waals surface area contributed by atoms with Crippen molar-refractivity contribution >= 4 is 0 Å². The molecule has 2 fully saturated rings. The number of aliphatic hydroxyl groups is 1. The quantitative estimate of drug-likeness (QED) is 0.884. The minimum atomic E-state index is -0.830. The van der Waals surface area contributed by atoms with E-state index in [1.54, 1.807) is 7.11 Å². The van der Waals surface area contributed by atoms with Gasteiger partial charge in [-0.25, -0.2) is 0 Å². The number of hydrogen-bond acceptors (Lipinski definition) is 6. The van der Waals surface area contributed by atoms with Gasteiger partial charge in [0.2, 0.25) is 0 Å². The first-order chi connectivity index (χ1) is 11.0. The lowest BCUT2D eigenvalue weighted by molar-refractivity contribution is -0.275. The van der Waals surface area contributed by atoms with Gasteiger partial charge in [0, 0.05) is 7.11 Å². The van der Waals surface area contributed by atoms with Gasteiger partial charge in [0.1, 0.15) is 24.4 Å². The van der Waals surface area contributed by atoms with Gasteiger partial charge < -0.3 is 28.8 Å². The third-order valence-corrected chi connectivity index (χ3v) is 4.08. The van der Waals surface area contributed by atoms with Crippen LogP contribution in [0.15, 0.2) is 30.3 Å². The second kappa shape index (κ2) is 6.84. The van der Waals surface area contributed by atoms with E-state index in [0.29, 0.717) is 6.61 Å². The summed E-state index contributed by atoms with van der Waals surface area (Å²) in [5.41, 5.74) is 1.07. The number of hydrogen-bond donors (Lipinski definition) is 1. The smallest absolute Gasteiger partial charge is 0.186 e. The topological polar surface area (TPSA) is 66.4 Å². The van der Waals surface area contributed by atoms with E-state index in [2.05, 4.69) is 0 Å². The first-order valence-electron chi connectivity index (χ1n) is 7.84. The van der Waals surface area contributed by atoms with E-state index >= 15 is 0 Å². The molecule has 0 bridgehead atoms. The summed E-state index contributed by atoms with van der Waals surface area (Å²) in [6, 6.07) is 9.86. The molecule has 2 aliphatic rings. The second-order valence-corrected chi connectivity index (χ2v) is 6.33. The molecule has 0 amide bonds. The first kappa shape index (κ1) is 16.8. The predicted octanol–water partition coefficient (Wildman–Crippen LogP) is 1.46. The molecule has 0 aromatic heterocycles. The summed E-state index contributed by atoms with van der Waals surface area (Å²) in [7, 11) is 1.55. The Bertz CT molecular complexity index is 505. The van der Waals surface area contributed by atoms with E-state index < -0.39 is 36.5 Å². The van der Waals surface area contributed by atoms with Crippen molar-refractivity contribution < 1.29 is 28.8 Å². The third kappa shape index (κ3) is 3.74. The molecule has 2 aliphatic heterocycles. The lowest BCUT2D eigenvalue weighted by atomic mass is 9.99. The summed E-state index contributed by atoms with van der Waals surface area (Å²) in [4.78, 5) is 0. The van der Waals surface area contributed by atoms with Crippen molar-refractivity contribution in [3.63, 3.8) is 0 Å². The van der Waals surface area contributed by atoms with E-state index in [-0.39, 0.29) is 6.61 Å². The zero-order chi connectivity index (χ0) is 16.4. The molecular formula is C17H24O6. The minimum Gasteiger partial charge on any atom is -0.387 e. The van der Waals surface area contributed by atoms with Crippen LogP contribution in [0, 0.1) is 0 Å². The fraction of sp³-hybridized carbons (Fsp3) is 0.647. The van der Waals surface area contributed by atoms with Crippen LogP contribution in [0.3, 0.4) is 0 Å². The molecule has 0 unspecified atom stereocenters. The molecule has 128 valence electrons. The van der Waals surface area contributed by atoms with Gasteiger partial charge in [-0.2, -0.15) is 0 Å². The van der Waals surface area contributed by atoms with Crippen molar-refractivity contribution in [2.75, 3.05) is 13.7 Å². The highest BCUT2D eigenvalue weighted by Gasteiger charge is 2.55. The maximum atomic E-state index is 10.5. The Balaban J connectivity index is 1.59. The SMILES string of the molecule is CO[C@H]1O[C@H](COCc2ccccc2)[C@@H](O)[C@H]2OC(C)(C)O[C@@H]12. The van der Waals surface area contributed by atoms with E-state index in [9.17, 15) is 5.11 Å². The van der Waals surface area contributed by atoms with Crippen molar-refractivity contribution in [1.82, 2.24) is 0 Å². The zero-order valence-electron chi connectivity index (χ0n) is 13.7. The predicted molar refractivity (Wildman–Crippen MR) is 81.6 cm³/mol. The highest BCUT2D eigenvalue weighted by atomic mass is 16.8. The van der Waals surface area contributed by atoms with Gasteiger partial charge in [-0.05, 0) is 19.4 Å². The number of rotatable bonds is 5. The van der Waals surface area contributed by atoms with Crippen LogP contribution < -0.4 is 0 Å². The van der Waals surface area contributed by atoms with Crippen LogP contribution in [-0.4, -0.2) is 55.3 Å². The van der Waals surface area contributed by atoms with E-state index in [4.69, 9.17) is 23.7 Å². The Morgan fingerprint density at radius 3 is 2.52 bits per heavy atom. The second-order valence-electron chi connectivity index (χ2n) is 6.33. The molecule has 2 heterocycles. The highest BCUT2D eigenvalue weighted by molar-refractivity contribution is 5.13. The summed E-state index contributed by atoms with van der Waals surface area (Å²) in [6.45, 7) is 4.34. The Labute approximate surface area is 136 Å². The average molecular weight is 324 g/mol. The molecule has 1 aromatic carbocycles. The van der Waals surface area contributed by atoms with Gasteiger partial charge >= 0.3 is 0 Å². The Morgan fingerprint density at radius 1 is 1.13 bits per heavy atom. The Hall–Kier alpha value is -1.02. The van der Waals surface area contributed by atoms with Crippen LogP contribution in [-0.2, 0) is 30.3 Å². The van der Waals surface area contributed by atoms with E-state index in [1.807, 2.05) is 44.2 Å². The monoisotopic (exact) mass is 324 g/mol. The van der Waals surface area contributed by atoms with Crippen molar-refractivity contribution in [2.24, 2.45) is 0 Å². The first-order valence-corrected chi connectivity index (χ1v) is 7.84. The van der Waals surface area contributed by atoms with Crippen LogP contribution in [0.4, 0.5) is 0 Å². The molecule has 3 rings (SSSR count). The van der Waals surface area contributed by atoms with Crippen LogP contribution in [0.2, 0.25) is 0 Å². The van der Waals surface area contributed by atoms with Crippen LogP contribution in [0.5, 0.6) is 0 Å². The summed E-state index contributed by atoms with van der Waals surface area (Å²) in [5, 5.41) is 10.5. The molecule has 0 saturated carbocycles. The molecule has 2 saturated heterocycles. The largest absolute Gasteiger partial charge is 0.387 e. The van der Waals surface area contributed by atoms with Crippen molar-refractivity contribution in [2.45, 2.75) is 56.9 Å². The molecular weight excluding hydrogens is 300 g/mol. The molecule has 0 spiro atoms. The fourth-order valence-corrected chi connectivity index (χ4v) is 3.03. The molecule has 0 aliphatic carbocycles. The van der Waals surface area contributed by atoms with Gasteiger partial charge in [-0.1, -0.05) is 30.3 Å². The highest BCUT2D eigenvalue weighted by Crippen LogP contribution is 2.37. The third-order valence-electron chi connectivity index (χ3n) is 4.08. The molecule has 1 N–H and O–H groups in total. The Morgan fingerprint density at radius 2 is 1.83 bits per heavy atom. The minimum absolute atomic E-state index is 0.253. The number of fused-ring (bicyclic) bond motifs is 1. The normalized spacial score (nSPS) is 35.9. The van der Waals surface area contributed by atoms with Crippen molar-refractivity contribution in [3.05, 3.63) is 35.9 Å². The number of benzene rings is 1. The van der Waals surface area contributed by atoms with Crippen LogP contribution in [0.25, 0.3) is 0 Å². The summed E-state index contributed by atoms with van der Waals surface area (Å²) >= 11 is 0. The van der Waals surface area contributed by atoms with E-state index in [1.165, 1.54) is 0 Å². The molecule has 1 aromatic rings. The van der Waals surface area contributed by atoms with Crippen molar-refractivity contribution in [3.8, 4) is 0 Å². The van der Waals surface area contributed by atoms with Crippen LogP contribution >= 0.6 is 0 Å². The number of ether oxygens (including phenoxy) is 5. The molecule has 23 heavy (non-hydrogen) atoms. The van der Waals surface area contributed by atoms with Gasteiger partial charge in [0.25, 0.3) is 0 Å². The molecule has 6 heteroatoms. The molecule has 5 atom stereocenters. The van der Waals surface area contributed by atoms with Gasteiger partial charge in [0.05, 0.1) is 13.2 Å². The van der Waals surface area contributed by atoms with E-state index in [0.717, 1.165) is 5.56 Å². The zero-order valence-corrected chi connectivity index (χ0v) is 13.7. The average Bonchev–Trinajstić information content (AvgIpc) is 2.86. The molecule has 0 radical (unpaired) electrons. The number of methoxy groups -OCH3 is 1. The lowest BCUT2D eigenvalue weighted by Gasteiger charge is -2.39. The summed E-state index contributed by atoms with van der Waals surface area (Å²) < 4.78 is 28.4. The van der Waals surface area contributed by atoms with Gasteiger partial charge in [0.15, 0.2) is 12.1 Å². The standard InChI is InChI=1S/C17H24O6/c1-17(2)22-14-13(18)12(21-16(19-3)15(14)23-17)10-20-9-11-7-5-4-6-8-11/h4-8,12-16,18H,9-10H2,1-3H3/t12-,13-,14-,15-,16+/m1/s1. The van der Waals surface area contributed by atoms with Crippen LogP contribution in [0.1, 0.15) is 19.4 Å². The maximum Gasteiger partial charge on any atom is 0.186 e. The maximum absolute atomic E-state index is 10.5. The summed E-state index contributed by atoms with van der Waals surface area (Å²) in [5.74, 6) is -0.768.